The Morgan fingerprint density at radius 3 is 2.12 bits per heavy atom. The van der Waals surface area contributed by atoms with Gasteiger partial charge in [-0.05, 0) is 42.2 Å². The maximum atomic E-state index is 6.00. The van der Waals surface area contributed by atoms with E-state index in [1.165, 1.54) is 5.56 Å². The first-order valence-electron chi connectivity index (χ1n) is 8.56. The molecule has 2 aromatic rings. The largest absolute Gasteiger partial charge is 0.497 e. The molecule has 0 aliphatic rings. The lowest BCUT2D eigenvalue weighted by Crippen LogP contribution is -2.23. The van der Waals surface area contributed by atoms with Crippen molar-refractivity contribution in [2.75, 3.05) is 26.1 Å². The summed E-state index contributed by atoms with van der Waals surface area (Å²) in [4.78, 5) is 0. The number of methoxy groups -OCH3 is 2. The van der Waals surface area contributed by atoms with Gasteiger partial charge < -0.3 is 19.5 Å². The van der Waals surface area contributed by atoms with Crippen LogP contribution in [0, 0.1) is 0 Å². The number of hydrogen-bond acceptors (Lipinski definition) is 4. The maximum Gasteiger partial charge on any atom is 0.142 e. The molecule has 1 atom stereocenters. The highest BCUT2D eigenvalue weighted by atomic mass is 16.5. The number of rotatable bonds is 7. The fourth-order valence-corrected chi connectivity index (χ4v) is 2.51. The van der Waals surface area contributed by atoms with Gasteiger partial charge >= 0.3 is 0 Å². The summed E-state index contributed by atoms with van der Waals surface area (Å²) in [6.45, 7) is 9.31. The van der Waals surface area contributed by atoms with Gasteiger partial charge in [0.05, 0.1) is 26.5 Å². The average Bonchev–Trinajstić information content (AvgIpc) is 2.59. The lowest BCUT2D eigenvalue weighted by molar-refractivity contribution is 0.234. The van der Waals surface area contributed by atoms with Crippen LogP contribution in [0.1, 0.15) is 33.3 Å². The Labute approximate surface area is 151 Å². The highest BCUT2D eigenvalue weighted by Crippen LogP contribution is 2.29. The quantitative estimate of drug-likeness (QED) is 0.778. The van der Waals surface area contributed by atoms with Crippen LogP contribution in [0.4, 0.5) is 5.69 Å². The third-order valence-corrected chi connectivity index (χ3v) is 4.04. The minimum Gasteiger partial charge on any atom is -0.497 e. The zero-order valence-electron chi connectivity index (χ0n) is 16.1. The van der Waals surface area contributed by atoms with Crippen molar-refractivity contribution >= 4 is 5.69 Å². The number of nitrogens with one attached hydrogen (secondary N) is 1. The van der Waals surface area contributed by atoms with Crippen LogP contribution in [0.2, 0.25) is 0 Å². The molecule has 0 fully saturated rings. The molecule has 136 valence electrons. The molecular weight excluding hydrogens is 314 g/mol. The van der Waals surface area contributed by atoms with Crippen molar-refractivity contribution in [1.82, 2.24) is 0 Å². The van der Waals surface area contributed by atoms with Crippen molar-refractivity contribution in [2.24, 2.45) is 0 Å². The first-order valence-corrected chi connectivity index (χ1v) is 8.56. The molecule has 2 aromatic carbocycles. The molecule has 0 saturated heterocycles. The van der Waals surface area contributed by atoms with Gasteiger partial charge in [0, 0.05) is 6.07 Å². The van der Waals surface area contributed by atoms with E-state index in [4.69, 9.17) is 14.2 Å². The van der Waals surface area contributed by atoms with E-state index in [1.54, 1.807) is 14.2 Å². The Morgan fingerprint density at radius 1 is 0.920 bits per heavy atom. The van der Waals surface area contributed by atoms with Crippen LogP contribution in [-0.2, 0) is 5.41 Å². The van der Waals surface area contributed by atoms with Crippen LogP contribution in [-0.4, -0.2) is 26.9 Å². The van der Waals surface area contributed by atoms with Gasteiger partial charge in [-0.1, -0.05) is 32.9 Å². The third kappa shape index (κ3) is 5.31. The second kappa shape index (κ2) is 8.15. The normalized spacial score (nSPS) is 12.4. The lowest BCUT2D eigenvalue weighted by atomic mass is 9.87. The van der Waals surface area contributed by atoms with Crippen molar-refractivity contribution < 1.29 is 14.2 Å². The molecular formula is C21H29NO3. The highest BCUT2D eigenvalue weighted by Gasteiger charge is 2.14. The Hall–Kier alpha value is -2.36. The van der Waals surface area contributed by atoms with Crippen molar-refractivity contribution in [3.05, 3.63) is 48.0 Å². The average molecular weight is 343 g/mol. The standard InChI is InChI=1S/C21H29NO3/c1-15(25-17-9-7-16(8-10-17)21(2,3)4)14-22-19-13-18(23-5)11-12-20(19)24-6/h7-13,15,22H,14H2,1-6H3. The molecule has 0 bridgehead atoms. The number of benzene rings is 2. The Bertz CT molecular complexity index is 675. The van der Waals surface area contributed by atoms with Crippen LogP contribution < -0.4 is 19.5 Å². The first-order chi connectivity index (χ1) is 11.8. The third-order valence-electron chi connectivity index (χ3n) is 4.04. The zero-order valence-corrected chi connectivity index (χ0v) is 16.1. The molecule has 0 aliphatic carbocycles. The van der Waals surface area contributed by atoms with E-state index in [-0.39, 0.29) is 11.5 Å². The summed E-state index contributed by atoms with van der Waals surface area (Å²) in [6.07, 6.45) is 0.0105. The summed E-state index contributed by atoms with van der Waals surface area (Å²) in [5.74, 6) is 2.44. The van der Waals surface area contributed by atoms with E-state index in [9.17, 15) is 0 Å². The van der Waals surface area contributed by atoms with E-state index in [2.05, 4.69) is 38.2 Å². The van der Waals surface area contributed by atoms with Crippen molar-refractivity contribution in [3.63, 3.8) is 0 Å². The van der Waals surface area contributed by atoms with Gasteiger partial charge in [-0.25, -0.2) is 0 Å². The fourth-order valence-electron chi connectivity index (χ4n) is 2.51. The van der Waals surface area contributed by atoms with Crippen LogP contribution >= 0.6 is 0 Å². The zero-order chi connectivity index (χ0) is 18.4. The molecule has 0 spiro atoms. The second-order valence-corrected chi connectivity index (χ2v) is 7.15. The van der Waals surface area contributed by atoms with E-state index >= 15 is 0 Å². The molecule has 0 saturated carbocycles. The monoisotopic (exact) mass is 343 g/mol. The van der Waals surface area contributed by atoms with Gasteiger partial charge in [0.15, 0.2) is 0 Å². The molecule has 0 amide bonds. The molecule has 4 nitrogen and oxygen atoms in total. The van der Waals surface area contributed by atoms with Crippen molar-refractivity contribution in [2.45, 2.75) is 39.2 Å². The van der Waals surface area contributed by atoms with Gasteiger partial charge in [-0.15, -0.1) is 0 Å². The van der Waals surface area contributed by atoms with Crippen molar-refractivity contribution in [1.29, 1.82) is 0 Å². The first kappa shape index (κ1) is 19.0. The fraction of sp³-hybridized carbons (Fsp3) is 0.429. The topological polar surface area (TPSA) is 39.7 Å². The summed E-state index contributed by atoms with van der Waals surface area (Å²) in [7, 11) is 3.31. The van der Waals surface area contributed by atoms with Crippen LogP contribution in [0.25, 0.3) is 0 Å². The maximum absolute atomic E-state index is 6.00. The van der Waals surface area contributed by atoms with Gasteiger partial charge in [0.2, 0.25) is 0 Å². The van der Waals surface area contributed by atoms with Gasteiger partial charge in [0.1, 0.15) is 23.4 Å². The molecule has 2 rings (SSSR count). The number of anilines is 1. The van der Waals surface area contributed by atoms with Crippen LogP contribution in [0.5, 0.6) is 17.2 Å². The molecule has 0 aliphatic heterocycles. The van der Waals surface area contributed by atoms with Crippen LogP contribution in [0.3, 0.4) is 0 Å². The Balaban J connectivity index is 1.96. The van der Waals surface area contributed by atoms with Gasteiger partial charge in [0.25, 0.3) is 0 Å². The Morgan fingerprint density at radius 2 is 1.56 bits per heavy atom. The minimum absolute atomic E-state index is 0.0105. The molecule has 4 heteroatoms. The summed E-state index contributed by atoms with van der Waals surface area (Å²) < 4.78 is 16.6. The van der Waals surface area contributed by atoms with Gasteiger partial charge in [-0.3, -0.25) is 0 Å². The smallest absolute Gasteiger partial charge is 0.142 e. The summed E-state index contributed by atoms with van der Waals surface area (Å²) >= 11 is 0. The molecule has 0 radical (unpaired) electrons. The molecule has 25 heavy (non-hydrogen) atoms. The second-order valence-electron chi connectivity index (χ2n) is 7.15. The summed E-state index contributed by atoms with van der Waals surface area (Å²) in [5.41, 5.74) is 2.33. The minimum atomic E-state index is 0.0105. The van der Waals surface area contributed by atoms with E-state index in [1.807, 2.05) is 37.3 Å². The number of hydrogen-bond donors (Lipinski definition) is 1. The predicted octanol–water partition coefficient (Wildman–Crippen LogP) is 4.88. The SMILES string of the molecule is COc1ccc(OC)c(NCC(C)Oc2ccc(C(C)(C)C)cc2)c1. The van der Waals surface area contributed by atoms with Crippen molar-refractivity contribution in [3.8, 4) is 17.2 Å². The van der Waals surface area contributed by atoms with Crippen LogP contribution in [0.15, 0.2) is 42.5 Å². The van der Waals surface area contributed by atoms with E-state index in [0.29, 0.717) is 6.54 Å². The van der Waals surface area contributed by atoms with E-state index < -0.39 is 0 Å². The molecule has 1 unspecified atom stereocenters. The predicted molar refractivity (Wildman–Crippen MR) is 103 cm³/mol. The number of ether oxygens (including phenoxy) is 3. The Kier molecular flexibility index (Phi) is 6.18. The molecule has 0 heterocycles. The lowest BCUT2D eigenvalue weighted by Gasteiger charge is -2.21. The van der Waals surface area contributed by atoms with E-state index in [0.717, 1.165) is 22.9 Å². The summed E-state index contributed by atoms with van der Waals surface area (Å²) in [5, 5.41) is 3.36. The highest BCUT2D eigenvalue weighted by molar-refractivity contribution is 5.59. The molecule has 0 aromatic heterocycles. The van der Waals surface area contributed by atoms with Gasteiger partial charge in [-0.2, -0.15) is 0 Å². The summed E-state index contributed by atoms with van der Waals surface area (Å²) in [6, 6.07) is 14.0. The molecule has 1 N–H and O–H groups in total.